The lowest BCUT2D eigenvalue weighted by Gasteiger charge is -2.22. The Morgan fingerprint density at radius 3 is 2.29 bits per heavy atom. The molecule has 0 aliphatic carbocycles. The average Bonchev–Trinajstić information content (AvgIpc) is 2.02. The summed E-state index contributed by atoms with van der Waals surface area (Å²) >= 11 is 0. The molecule has 0 radical (unpaired) electrons. The summed E-state index contributed by atoms with van der Waals surface area (Å²) in [7, 11) is 0. The molecule has 82 valence electrons. The van der Waals surface area contributed by atoms with Crippen LogP contribution in [0.15, 0.2) is 0 Å². The van der Waals surface area contributed by atoms with Crippen LogP contribution in [0.3, 0.4) is 0 Å². The summed E-state index contributed by atoms with van der Waals surface area (Å²) in [5.41, 5.74) is -1.06. The number of likely N-dealkylation sites (N-methyl/N-ethyl adjacent to an activating group) is 1. The van der Waals surface area contributed by atoms with Gasteiger partial charge in [-0.05, 0) is 13.5 Å². The van der Waals surface area contributed by atoms with Crippen molar-refractivity contribution in [2.75, 3.05) is 19.8 Å². The maximum Gasteiger partial charge on any atom is 0.411 e. The highest BCUT2D eigenvalue weighted by Crippen LogP contribution is 2.15. The van der Waals surface area contributed by atoms with E-state index in [4.69, 9.17) is 5.26 Å². The standard InChI is InChI=1S/C8H13F3N2O/c1-3-13-7(2,4-12)5-14-6-8(9,10)11/h13H,3,5-6H2,1-2H3. The van der Waals surface area contributed by atoms with Crippen molar-refractivity contribution in [3.05, 3.63) is 0 Å². The number of hydrogen-bond acceptors (Lipinski definition) is 3. The van der Waals surface area contributed by atoms with Gasteiger partial charge in [0.05, 0.1) is 12.7 Å². The van der Waals surface area contributed by atoms with Crippen molar-refractivity contribution in [2.45, 2.75) is 25.6 Å². The van der Waals surface area contributed by atoms with E-state index in [2.05, 4.69) is 10.1 Å². The Balaban J connectivity index is 3.92. The molecule has 0 aliphatic heterocycles. The first-order valence-electron chi connectivity index (χ1n) is 4.14. The topological polar surface area (TPSA) is 45.0 Å². The van der Waals surface area contributed by atoms with Crippen molar-refractivity contribution in [3.63, 3.8) is 0 Å². The molecule has 3 nitrogen and oxygen atoms in total. The van der Waals surface area contributed by atoms with Crippen molar-refractivity contribution in [3.8, 4) is 6.07 Å². The van der Waals surface area contributed by atoms with Gasteiger partial charge in [0.1, 0.15) is 12.1 Å². The van der Waals surface area contributed by atoms with Crippen LogP contribution >= 0.6 is 0 Å². The van der Waals surface area contributed by atoms with Crippen molar-refractivity contribution in [1.29, 1.82) is 5.26 Å². The van der Waals surface area contributed by atoms with Gasteiger partial charge in [-0.3, -0.25) is 5.32 Å². The summed E-state index contributed by atoms with van der Waals surface area (Å²) in [4.78, 5) is 0. The highest BCUT2D eigenvalue weighted by Gasteiger charge is 2.30. The van der Waals surface area contributed by atoms with Gasteiger partial charge in [-0.25, -0.2) is 0 Å². The van der Waals surface area contributed by atoms with Crippen molar-refractivity contribution in [2.24, 2.45) is 0 Å². The van der Waals surface area contributed by atoms with Gasteiger partial charge >= 0.3 is 6.18 Å². The Hall–Kier alpha value is -0.800. The molecular formula is C8H13F3N2O. The van der Waals surface area contributed by atoms with E-state index >= 15 is 0 Å². The van der Waals surface area contributed by atoms with E-state index in [1.54, 1.807) is 6.92 Å². The largest absolute Gasteiger partial charge is 0.411 e. The second-order valence-corrected chi connectivity index (χ2v) is 3.08. The molecule has 0 aromatic rings. The van der Waals surface area contributed by atoms with Crippen LogP contribution in [0.4, 0.5) is 13.2 Å². The zero-order chi connectivity index (χ0) is 11.2. The first kappa shape index (κ1) is 13.2. The fourth-order valence-electron chi connectivity index (χ4n) is 0.884. The van der Waals surface area contributed by atoms with Crippen LogP contribution in [-0.4, -0.2) is 31.5 Å². The Kier molecular flexibility index (Phi) is 4.88. The van der Waals surface area contributed by atoms with Crippen LogP contribution in [-0.2, 0) is 4.74 Å². The minimum atomic E-state index is -4.34. The molecule has 0 fully saturated rings. The van der Waals surface area contributed by atoms with Crippen molar-refractivity contribution >= 4 is 0 Å². The second-order valence-electron chi connectivity index (χ2n) is 3.08. The zero-order valence-corrected chi connectivity index (χ0v) is 8.11. The molecule has 6 heteroatoms. The van der Waals surface area contributed by atoms with Gasteiger partial charge in [0.25, 0.3) is 0 Å². The van der Waals surface area contributed by atoms with Gasteiger partial charge in [-0.2, -0.15) is 18.4 Å². The number of hydrogen-bond donors (Lipinski definition) is 1. The molecule has 0 aliphatic rings. The molecule has 1 unspecified atom stereocenters. The van der Waals surface area contributed by atoms with Crippen LogP contribution in [0.25, 0.3) is 0 Å². The number of alkyl halides is 3. The quantitative estimate of drug-likeness (QED) is 0.747. The van der Waals surface area contributed by atoms with Gasteiger partial charge in [0.15, 0.2) is 0 Å². The SMILES string of the molecule is CCNC(C)(C#N)COCC(F)(F)F. The van der Waals surface area contributed by atoms with Crippen LogP contribution in [0.1, 0.15) is 13.8 Å². The molecule has 1 atom stereocenters. The Morgan fingerprint density at radius 1 is 1.36 bits per heavy atom. The molecule has 0 spiro atoms. The van der Waals surface area contributed by atoms with Gasteiger partial charge < -0.3 is 4.74 Å². The number of nitrogens with one attached hydrogen (secondary N) is 1. The lowest BCUT2D eigenvalue weighted by Crippen LogP contribution is -2.45. The third-order valence-corrected chi connectivity index (χ3v) is 1.47. The number of rotatable bonds is 5. The first-order valence-corrected chi connectivity index (χ1v) is 4.14. The Morgan fingerprint density at radius 2 is 1.93 bits per heavy atom. The molecule has 0 aromatic carbocycles. The fourth-order valence-corrected chi connectivity index (χ4v) is 0.884. The van der Waals surface area contributed by atoms with Crippen molar-refractivity contribution < 1.29 is 17.9 Å². The van der Waals surface area contributed by atoms with Gasteiger partial charge in [-0.15, -0.1) is 0 Å². The zero-order valence-electron chi connectivity index (χ0n) is 8.11. The molecule has 0 aromatic heterocycles. The summed E-state index contributed by atoms with van der Waals surface area (Å²) in [6.45, 7) is 2.15. The molecule has 0 heterocycles. The highest BCUT2D eigenvalue weighted by atomic mass is 19.4. The predicted molar refractivity (Wildman–Crippen MR) is 44.6 cm³/mol. The maximum absolute atomic E-state index is 11.7. The third-order valence-electron chi connectivity index (χ3n) is 1.47. The normalized spacial score (nSPS) is 16.0. The lowest BCUT2D eigenvalue weighted by molar-refractivity contribution is -0.176. The summed E-state index contributed by atoms with van der Waals surface area (Å²) in [6.07, 6.45) is -4.34. The summed E-state index contributed by atoms with van der Waals surface area (Å²) in [5, 5.41) is 11.4. The number of halogens is 3. The number of nitriles is 1. The molecule has 14 heavy (non-hydrogen) atoms. The van der Waals surface area contributed by atoms with Crippen LogP contribution in [0.5, 0.6) is 0 Å². The van der Waals surface area contributed by atoms with E-state index in [0.717, 1.165) is 0 Å². The minimum absolute atomic E-state index is 0.281. The molecular weight excluding hydrogens is 197 g/mol. The van der Waals surface area contributed by atoms with Gasteiger partial charge in [0.2, 0.25) is 0 Å². The molecule has 0 saturated carbocycles. The van der Waals surface area contributed by atoms with Crippen LogP contribution < -0.4 is 5.32 Å². The molecule has 0 amide bonds. The second kappa shape index (κ2) is 5.17. The smallest absolute Gasteiger partial charge is 0.369 e. The predicted octanol–water partition coefficient (Wildman–Crippen LogP) is 1.46. The van der Waals surface area contributed by atoms with Crippen LogP contribution in [0, 0.1) is 11.3 Å². The Bertz CT molecular complexity index is 212. The van der Waals surface area contributed by atoms with Crippen LogP contribution in [0.2, 0.25) is 0 Å². The maximum atomic E-state index is 11.7. The van der Waals surface area contributed by atoms with E-state index in [9.17, 15) is 13.2 Å². The highest BCUT2D eigenvalue weighted by molar-refractivity contribution is 5.03. The summed E-state index contributed by atoms with van der Waals surface area (Å²) < 4.78 is 39.5. The third kappa shape index (κ3) is 5.78. The number of nitrogens with zero attached hydrogens (tertiary/aromatic N) is 1. The first-order chi connectivity index (χ1) is 6.33. The van der Waals surface area contributed by atoms with E-state index in [1.165, 1.54) is 6.92 Å². The van der Waals surface area contributed by atoms with Gasteiger partial charge in [0, 0.05) is 0 Å². The average molecular weight is 210 g/mol. The van der Waals surface area contributed by atoms with E-state index in [-0.39, 0.29) is 6.61 Å². The van der Waals surface area contributed by atoms with Gasteiger partial charge in [-0.1, -0.05) is 6.92 Å². The monoisotopic (exact) mass is 210 g/mol. The van der Waals surface area contributed by atoms with E-state index in [1.807, 2.05) is 6.07 Å². The lowest BCUT2D eigenvalue weighted by atomic mass is 10.1. The molecule has 0 bridgehead atoms. The molecule has 0 saturated heterocycles. The van der Waals surface area contributed by atoms with E-state index in [0.29, 0.717) is 6.54 Å². The molecule has 1 N–H and O–H groups in total. The summed E-state index contributed by atoms with van der Waals surface area (Å²) in [6, 6.07) is 1.86. The molecule has 0 rings (SSSR count). The van der Waals surface area contributed by atoms with Crippen molar-refractivity contribution in [1.82, 2.24) is 5.32 Å². The number of ether oxygens (including phenoxy) is 1. The minimum Gasteiger partial charge on any atom is -0.369 e. The Labute approximate surface area is 80.8 Å². The summed E-state index contributed by atoms with van der Waals surface area (Å²) in [5.74, 6) is 0. The van der Waals surface area contributed by atoms with E-state index < -0.39 is 18.3 Å². The fraction of sp³-hybridized carbons (Fsp3) is 0.875.